The molecule has 0 amide bonds. The highest BCUT2D eigenvalue weighted by atomic mass is 35.5. The summed E-state index contributed by atoms with van der Waals surface area (Å²) in [5.74, 6) is 0. The first-order chi connectivity index (χ1) is 8.91. The largest absolute Gasteiger partial charge is 0.319 e. The van der Waals surface area contributed by atoms with Gasteiger partial charge in [0.2, 0.25) is 0 Å². The molecule has 1 heterocycles. The summed E-state index contributed by atoms with van der Waals surface area (Å²) >= 11 is 18.1. The molecule has 0 aliphatic heterocycles. The zero-order chi connectivity index (χ0) is 14.2. The Bertz CT molecular complexity index is 593. The average molecular weight is 319 g/mol. The lowest BCUT2D eigenvalue weighted by Crippen LogP contribution is -2.19. The maximum atomic E-state index is 6.27. The van der Waals surface area contributed by atoms with Crippen LogP contribution in [0.15, 0.2) is 24.4 Å². The molecule has 3 nitrogen and oxygen atoms in total. The fourth-order valence-corrected chi connectivity index (χ4v) is 2.47. The summed E-state index contributed by atoms with van der Waals surface area (Å²) in [6.07, 6.45) is 1.61. The van der Waals surface area contributed by atoms with E-state index in [2.05, 4.69) is 5.10 Å². The predicted molar refractivity (Wildman–Crippen MR) is 80.1 cm³/mol. The van der Waals surface area contributed by atoms with Gasteiger partial charge in [-0.15, -0.1) is 0 Å². The zero-order valence-corrected chi connectivity index (χ0v) is 12.8. The molecule has 0 bridgehead atoms. The highest BCUT2D eigenvalue weighted by Crippen LogP contribution is 2.31. The molecule has 1 atom stereocenters. The van der Waals surface area contributed by atoms with Crippen molar-refractivity contribution in [1.82, 2.24) is 9.78 Å². The second-order valence-corrected chi connectivity index (χ2v) is 5.79. The van der Waals surface area contributed by atoms with Crippen LogP contribution in [-0.2, 0) is 0 Å². The average Bonchev–Trinajstić information content (AvgIpc) is 2.74. The number of halogens is 3. The summed E-state index contributed by atoms with van der Waals surface area (Å²) in [6, 6.07) is 5.10. The van der Waals surface area contributed by atoms with Crippen LogP contribution in [-0.4, -0.2) is 9.78 Å². The van der Waals surface area contributed by atoms with Gasteiger partial charge in [0.15, 0.2) is 0 Å². The third-order valence-electron chi connectivity index (χ3n) is 2.87. The maximum absolute atomic E-state index is 6.27. The first-order valence-corrected chi connectivity index (χ1v) is 6.98. The Balaban J connectivity index is 2.46. The van der Waals surface area contributed by atoms with Crippen molar-refractivity contribution in [2.24, 2.45) is 5.73 Å². The third kappa shape index (κ3) is 2.90. The molecule has 0 spiro atoms. The minimum Gasteiger partial charge on any atom is -0.319 e. The van der Waals surface area contributed by atoms with E-state index in [1.165, 1.54) is 0 Å². The van der Waals surface area contributed by atoms with E-state index in [1.54, 1.807) is 18.3 Å². The second kappa shape index (κ2) is 5.71. The molecule has 2 N–H and O–H groups in total. The molecule has 0 aliphatic rings. The molecule has 0 radical (unpaired) electrons. The van der Waals surface area contributed by atoms with E-state index in [0.717, 1.165) is 11.3 Å². The fourth-order valence-electron chi connectivity index (χ4n) is 1.92. The summed E-state index contributed by atoms with van der Waals surface area (Å²) < 4.78 is 1.81. The highest BCUT2D eigenvalue weighted by molar-refractivity contribution is 6.42. The lowest BCUT2D eigenvalue weighted by Gasteiger charge is -2.18. The van der Waals surface area contributed by atoms with Crippen molar-refractivity contribution in [3.05, 3.63) is 50.7 Å². The summed E-state index contributed by atoms with van der Waals surface area (Å²) in [6.45, 7) is 4.04. The van der Waals surface area contributed by atoms with Crippen LogP contribution in [0.5, 0.6) is 0 Å². The zero-order valence-electron chi connectivity index (χ0n) is 10.6. The van der Waals surface area contributed by atoms with Crippen molar-refractivity contribution in [3.63, 3.8) is 0 Å². The molecule has 19 heavy (non-hydrogen) atoms. The van der Waals surface area contributed by atoms with Crippen molar-refractivity contribution in [2.45, 2.75) is 25.9 Å². The quantitative estimate of drug-likeness (QED) is 0.907. The van der Waals surface area contributed by atoms with Crippen molar-refractivity contribution in [3.8, 4) is 0 Å². The van der Waals surface area contributed by atoms with Crippen LogP contribution in [0.1, 0.15) is 37.2 Å². The van der Waals surface area contributed by atoms with Crippen LogP contribution in [0.4, 0.5) is 0 Å². The van der Waals surface area contributed by atoms with Crippen molar-refractivity contribution >= 4 is 34.8 Å². The molecule has 2 rings (SSSR count). The van der Waals surface area contributed by atoms with Crippen LogP contribution in [0.3, 0.4) is 0 Å². The van der Waals surface area contributed by atoms with Crippen molar-refractivity contribution in [1.29, 1.82) is 0 Å². The smallest absolute Gasteiger partial charge is 0.0837 e. The van der Waals surface area contributed by atoms with Crippen LogP contribution >= 0.6 is 34.8 Å². The van der Waals surface area contributed by atoms with E-state index >= 15 is 0 Å². The Morgan fingerprint density at radius 3 is 2.37 bits per heavy atom. The molecule has 102 valence electrons. The Kier molecular flexibility index (Phi) is 4.41. The molecule has 0 saturated carbocycles. The lowest BCUT2D eigenvalue weighted by atomic mass is 10.0. The first kappa shape index (κ1) is 14.7. The van der Waals surface area contributed by atoms with Gasteiger partial charge in [0.25, 0.3) is 0 Å². The van der Waals surface area contributed by atoms with Gasteiger partial charge < -0.3 is 5.73 Å². The summed E-state index contributed by atoms with van der Waals surface area (Å²) in [4.78, 5) is 0. The molecular weight excluding hydrogens is 305 g/mol. The number of nitrogens with zero attached hydrogens (tertiary/aromatic N) is 2. The maximum Gasteiger partial charge on any atom is 0.0837 e. The van der Waals surface area contributed by atoms with Crippen LogP contribution in [0.2, 0.25) is 15.1 Å². The normalized spacial score (nSPS) is 13.0. The van der Waals surface area contributed by atoms with Crippen LogP contribution in [0.25, 0.3) is 0 Å². The van der Waals surface area contributed by atoms with Gasteiger partial charge in [0.05, 0.1) is 33.0 Å². The third-order valence-corrected chi connectivity index (χ3v) is 3.90. The van der Waals surface area contributed by atoms with E-state index in [1.807, 2.05) is 24.6 Å². The van der Waals surface area contributed by atoms with E-state index in [9.17, 15) is 0 Å². The predicted octanol–water partition coefficient (Wildman–Crippen LogP) is 4.47. The number of hydrogen-bond acceptors (Lipinski definition) is 2. The number of rotatable bonds is 3. The van der Waals surface area contributed by atoms with Crippen molar-refractivity contribution in [2.75, 3.05) is 0 Å². The summed E-state index contributed by atoms with van der Waals surface area (Å²) in [7, 11) is 0. The molecule has 6 heteroatoms. The minimum absolute atomic E-state index is 0.177. The number of aromatic nitrogens is 2. The van der Waals surface area contributed by atoms with Gasteiger partial charge in [-0.05, 0) is 31.5 Å². The molecule has 1 unspecified atom stereocenters. The summed E-state index contributed by atoms with van der Waals surface area (Å²) in [5.41, 5.74) is 7.89. The monoisotopic (exact) mass is 317 g/mol. The highest BCUT2D eigenvalue weighted by Gasteiger charge is 2.20. The first-order valence-electron chi connectivity index (χ1n) is 5.85. The molecule has 0 fully saturated rings. The molecule has 2 aromatic rings. The lowest BCUT2D eigenvalue weighted by molar-refractivity contribution is 0.499. The van der Waals surface area contributed by atoms with Crippen LogP contribution in [0, 0.1) is 0 Å². The van der Waals surface area contributed by atoms with Crippen molar-refractivity contribution < 1.29 is 0 Å². The number of hydrogen-bond donors (Lipinski definition) is 1. The molecular formula is C13H14Cl3N3. The van der Waals surface area contributed by atoms with Gasteiger partial charge in [-0.3, -0.25) is 4.68 Å². The van der Waals surface area contributed by atoms with Gasteiger partial charge in [-0.1, -0.05) is 40.9 Å². The van der Waals surface area contributed by atoms with Gasteiger partial charge in [0, 0.05) is 6.04 Å². The topological polar surface area (TPSA) is 43.8 Å². The van der Waals surface area contributed by atoms with E-state index in [-0.39, 0.29) is 6.04 Å². The van der Waals surface area contributed by atoms with E-state index in [4.69, 9.17) is 40.5 Å². The Morgan fingerprint density at radius 2 is 1.79 bits per heavy atom. The fraction of sp³-hybridized carbons (Fsp3) is 0.308. The molecule has 0 aliphatic carbocycles. The molecule has 1 aromatic heterocycles. The Morgan fingerprint density at radius 1 is 1.11 bits per heavy atom. The number of benzene rings is 1. The standard InChI is InChI=1S/C13H14Cl3N3/c1-7(2)19-13(11(16)6-18-19)12(17)8-3-4-9(14)10(15)5-8/h3-7,12H,17H2,1-2H3. The number of nitrogens with two attached hydrogens (primary N) is 1. The molecule has 1 aromatic carbocycles. The Labute approximate surface area is 127 Å². The Hall–Kier alpha value is -0.740. The minimum atomic E-state index is -0.396. The van der Waals surface area contributed by atoms with Crippen LogP contribution < -0.4 is 5.73 Å². The SMILES string of the molecule is CC(C)n1ncc(Cl)c1C(N)c1ccc(Cl)c(Cl)c1. The van der Waals surface area contributed by atoms with Gasteiger partial charge in [-0.25, -0.2) is 0 Å². The summed E-state index contributed by atoms with van der Waals surface area (Å²) in [5, 5.41) is 5.77. The van der Waals surface area contributed by atoms with Gasteiger partial charge in [-0.2, -0.15) is 5.10 Å². The van der Waals surface area contributed by atoms with Gasteiger partial charge in [0.1, 0.15) is 0 Å². The van der Waals surface area contributed by atoms with Gasteiger partial charge >= 0.3 is 0 Å². The molecule has 0 saturated heterocycles. The van der Waals surface area contributed by atoms with E-state index in [0.29, 0.717) is 15.1 Å². The van der Waals surface area contributed by atoms with E-state index < -0.39 is 6.04 Å². The second-order valence-electron chi connectivity index (χ2n) is 4.57.